The predicted octanol–water partition coefficient (Wildman–Crippen LogP) is 0.651. The first-order chi connectivity index (χ1) is 8.06. The van der Waals surface area contributed by atoms with Gasteiger partial charge in [0.25, 0.3) is 5.56 Å². The summed E-state index contributed by atoms with van der Waals surface area (Å²) in [6.07, 6.45) is 1.89. The Bertz CT molecular complexity index is 569. The molecule has 90 valence electrons. The van der Waals surface area contributed by atoms with Crippen LogP contribution >= 0.6 is 0 Å². The molecule has 2 rings (SSSR count). The number of nitrogens with zero attached hydrogens (tertiary/aromatic N) is 4. The zero-order valence-electron chi connectivity index (χ0n) is 9.87. The van der Waals surface area contributed by atoms with Crippen LogP contribution in [0.1, 0.15) is 25.6 Å². The van der Waals surface area contributed by atoms with Gasteiger partial charge < -0.3 is 5.73 Å². The molecule has 0 bridgehead atoms. The maximum Gasteiger partial charge on any atom is 0.267 e. The number of rotatable bonds is 3. The molecule has 0 aliphatic heterocycles. The topological polar surface area (TPSA) is 78.7 Å². The number of hydrogen-bond donors (Lipinski definition) is 1. The highest BCUT2D eigenvalue weighted by atomic mass is 16.1. The Hall–Kier alpha value is -2.11. The van der Waals surface area contributed by atoms with E-state index < -0.39 is 0 Å². The van der Waals surface area contributed by atoms with E-state index in [1.54, 1.807) is 0 Å². The maximum atomic E-state index is 11.5. The fourth-order valence-corrected chi connectivity index (χ4v) is 1.48. The molecule has 0 saturated carbocycles. The second-order valence-corrected chi connectivity index (χ2v) is 4.13. The van der Waals surface area contributed by atoms with Gasteiger partial charge in [-0.3, -0.25) is 9.48 Å². The third kappa shape index (κ3) is 2.52. The van der Waals surface area contributed by atoms with Crippen molar-refractivity contribution in [2.75, 3.05) is 5.73 Å². The Morgan fingerprint density at radius 1 is 1.29 bits per heavy atom. The molecule has 0 saturated heterocycles. The van der Waals surface area contributed by atoms with Gasteiger partial charge in [-0.25, -0.2) is 4.68 Å². The Kier molecular flexibility index (Phi) is 2.95. The highest BCUT2D eigenvalue weighted by Crippen LogP contribution is 2.04. The van der Waals surface area contributed by atoms with Crippen LogP contribution in [0.2, 0.25) is 0 Å². The van der Waals surface area contributed by atoms with Crippen LogP contribution in [0, 0.1) is 0 Å². The minimum atomic E-state index is -0.182. The van der Waals surface area contributed by atoms with Crippen molar-refractivity contribution in [2.24, 2.45) is 0 Å². The van der Waals surface area contributed by atoms with Crippen LogP contribution in [0.3, 0.4) is 0 Å². The fourth-order valence-electron chi connectivity index (χ4n) is 1.48. The van der Waals surface area contributed by atoms with Gasteiger partial charge >= 0.3 is 0 Å². The minimum absolute atomic E-state index is 0.182. The summed E-state index contributed by atoms with van der Waals surface area (Å²) in [4.78, 5) is 11.5. The molecule has 0 aliphatic rings. The molecule has 0 radical (unpaired) electrons. The largest absolute Gasteiger partial charge is 0.382 e. The van der Waals surface area contributed by atoms with E-state index in [1.165, 1.54) is 16.8 Å². The smallest absolute Gasteiger partial charge is 0.267 e. The Morgan fingerprint density at radius 2 is 2.06 bits per heavy atom. The summed E-state index contributed by atoms with van der Waals surface area (Å²) in [5, 5.41) is 8.31. The van der Waals surface area contributed by atoms with Crippen molar-refractivity contribution in [1.29, 1.82) is 0 Å². The van der Waals surface area contributed by atoms with Gasteiger partial charge in [-0.05, 0) is 26.0 Å². The van der Waals surface area contributed by atoms with Gasteiger partial charge in [-0.2, -0.15) is 10.2 Å². The summed E-state index contributed by atoms with van der Waals surface area (Å²) in [6.45, 7) is 4.42. The monoisotopic (exact) mass is 233 g/mol. The molecule has 0 atom stereocenters. The number of anilines is 1. The summed E-state index contributed by atoms with van der Waals surface area (Å²) in [5.41, 5.74) is 6.15. The van der Waals surface area contributed by atoms with Crippen molar-refractivity contribution < 1.29 is 0 Å². The molecule has 6 nitrogen and oxygen atoms in total. The van der Waals surface area contributed by atoms with Crippen molar-refractivity contribution in [2.45, 2.75) is 26.4 Å². The van der Waals surface area contributed by atoms with E-state index in [1.807, 2.05) is 30.8 Å². The quantitative estimate of drug-likeness (QED) is 0.844. The van der Waals surface area contributed by atoms with E-state index in [2.05, 4.69) is 10.2 Å². The lowest BCUT2D eigenvalue weighted by atomic mass is 10.4. The summed E-state index contributed by atoms with van der Waals surface area (Å²) in [5.74, 6) is 0.327. The molecule has 0 aromatic carbocycles. The number of aromatic nitrogens is 4. The Morgan fingerprint density at radius 3 is 2.71 bits per heavy atom. The molecule has 17 heavy (non-hydrogen) atoms. The summed E-state index contributed by atoms with van der Waals surface area (Å²) in [7, 11) is 0. The molecule has 6 heteroatoms. The Balaban J connectivity index is 2.25. The standard InChI is InChI=1S/C11H15N5O/c1-8(2)15-6-5-9(13-15)7-16-11(17)4-3-10(12)14-16/h3-6,8H,7H2,1-2H3,(H2,12,14). The average Bonchev–Trinajstić information content (AvgIpc) is 2.72. The lowest BCUT2D eigenvalue weighted by Crippen LogP contribution is -2.23. The SMILES string of the molecule is CC(C)n1ccc(Cn2nc(N)ccc2=O)n1. The number of nitrogens with two attached hydrogens (primary N) is 1. The van der Waals surface area contributed by atoms with Gasteiger partial charge in [-0.15, -0.1) is 0 Å². The highest BCUT2D eigenvalue weighted by molar-refractivity contribution is 5.23. The van der Waals surface area contributed by atoms with Crippen molar-refractivity contribution in [3.63, 3.8) is 0 Å². The fraction of sp³-hybridized carbons (Fsp3) is 0.364. The first-order valence-corrected chi connectivity index (χ1v) is 5.44. The van der Waals surface area contributed by atoms with E-state index in [4.69, 9.17) is 5.73 Å². The van der Waals surface area contributed by atoms with Gasteiger partial charge in [0.1, 0.15) is 5.82 Å². The van der Waals surface area contributed by atoms with Gasteiger partial charge in [0.05, 0.1) is 12.2 Å². The lowest BCUT2D eigenvalue weighted by Gasteiger charge is -2.04. The van der Waals surface area contributed by atoms with E-state index in [0.717, 1.165) is 5.69 Å². The summed E-state index contributed by atoms with van der Waals surface area (Å²) >= 11 is 0. The van der Waals surface area contributed by atoms with E-state index >= 15 is 0 Å². The van der Waals surface area contributed by atoms with Crippen LogP contribution in [0.5, 0.6) is 0 Å². The van der Waals surface area contributed by atoms with Crippen LogP contribution in [-0.2, 0) is 6.54 Å². The van der Waals surface area contributed by atoms with Gasteiger partial charge in [0, 0.05) is 18.3 Å². The molecule has 2 heterocycles. The normalized spacial score (nSPS) is 11.0. The van der Waals surface area contributed by atoms with Crippen molar-refractivity contribution in [3.8, 4) is 0 Å². The molecule has 0 spiro atoms. The molecule has 0 fully saturated rings. The molecule has 2 N–H and O–H groups in total. The molecular weight excluding hydrogens is 218 g/mol. The maximum absolute atomic E-state index is 11.5. The zero-order chi connectivity index (χ0) is 12.4. The molecule has 0 amide bonds. The van der Waals surface area contributed by atoms with Gasteiger partial charge in [-0.1, -0.05) is 0 Å². The van der Waals surface area contributed by atoms with Crippen LogP contribution in [0.4, 0.5) is 5.82 Å². The zero-order valence-corrected chi connectivity index (χ0v) is 9.87. The Labute approximate surface area is 98.7 Å². The minimum Gasteiger partial charge on any atom is -0.382 e. The molecule has 0 aliphatic carbocycles. The lowest BCUT2D eigenvalue weighted by molar-refractivity contribution is 0.518. The van der Waals surface area contributed by atoms with Gasteiger partial charge in [0.15, 0.2) is 0 Å². The van der Waals surface area contributed by atoms with Crippen LogP contribution in [-0.4, -0.2) is 19.6 Å². The third-order valence-corrected chi connectivity index (χ3v) is 2.39. The van der Waals surface area contributed by atoms with E-state index in [9.17, 15) is 4.79 Å². The first-order valence-electron chi connectivity index (χ1n) is 5.44. The first kappa shape index (κ1) is 11.4. The average molecular weight is 233 g/mol. The van der Waals surface area contributed by atoms with Crippen LogP contribution in [0.15, 0.2) is 29.2 Å². The molecule has 2 aromatic rings. The van der Waals surface area contributed by atoms with Crippen molar-refractivity contribution in [3.05, 3.63) is 40.4 Å². The number of hydrogen-bond acceptors (Lipinski definition) is 4. The van der Waals surface area contributed by atoms with Crippen LogP contribution < -0.4 is 11.3 Å². The van der Waals surface area contributed by atoms with Crippen molar-refractivity contribution >= 4 is 5.82 Å². The highest BCUT2D eigenvalue weighted by Gasteiger charge is 2.05. The van der Waals surface area contributed by atoms with E-state index in [-0.39, 0.29) is 5.56 Å². The molecule has 2 aromatic heterocycles. The third-order valence-electron chi connectivity index (χ3n) is 2.39. The molecule has 0 unspecified atom stereocenters. The molecular formula is C11H15N5O. The number of nitrogen functional groups attached to an aromatic ring is 1. The predicted molar refractivity (Wildman–Crippen MR) is 64.6 cm³/mol. The van der Waals surface area contributed by atoms with Crippen molar-refractivity contribution in [1.82, 2.24) is 19.6 Å². The second kappa shape index (κ2) is 4.40. The summed E-state index contributed by atoms with van der Waals surface area (Å²) < 4.78 is 3.15. The second-order valence-electron chi connectivity index (χ2n) is 4.13. The van der Waals surface area contributed by atoms with E-state index in [0.29, 0.717) is 18.4 Å². The summed E-state index contributed by atoms with van der Waals surface area (Å²) in [6, 6.07) is 5.07. The van der Waals surface area contributed by atoms with Gasteiger partial charge in [0.2, 0.25) is 0 Å². The van der Waals surface area contributed by atoms with Crippen LogP contribution in [0.25, 0.3) is 0 Å².